The number of phenols is 1. The van der Waals surface area contributed by atoms with Gasteiger partial charge in [0, 0.05) is 36.3 Å². The molecule has 1 aliphatic heterocycles. The van der Waals surface area contributed by atoms with E-state index in [1.807, 2.05) is 19.1 Å². The van der Waals surface area contributed by atoms with Crippen molar-refractivity contribution in [2.75, 3.05) is 19.7 Å². The Morgan fingerprint density at radius 1 is 1.41 bits per heavy atom. The molecule has 1 aromatic heterocycles. The standard InChI is InChI=1S/C16H20BrN3O2/c1-3-20-6-5-13-11(9-20)15(19-18-13)10-7-12(17)16(21)14(8-10)22-4-2/h7-8,21H,3-6,9H2,1-2H3,(H,18,19). The van der Waals surface area contributed by atoms with E-state index in [9.17, 15) is 5.11 Å². The summed E-state index contributed by atoms with van der Waals surface area (Å²) in [6.07, 6.45) is 0.994. The molecule has 3 rings (SSSR count). The molecular weight excluding hydrogens is 346 g/mol. The monoisotopic (exact) mass is 365 g/mol. The van der Waals surface area contributed by atoms with Crippen molar-refractivity contribution < 1.29 is 9.84 Å². The lowest BCUT2D eigenvalue weighted by Crippen LogP contribution is -2.30. The zero-order valence-electron chi connectivity index (χ0n) is 12.8. The van der Waals surface area contributed by atoms with Gasteiger partial charge in [0.15, 0.2) is 11.5 Å². The smallest absolute Gasteiger partial charge is 0.172 e. The highest BCUT2D eigenvalue weighted by molar-refractivity contribution is 9.10. The zero-order valence-corrected chi connectivity index (χ0v) is 14.4. The van der Waals surface area contributed by atoms with Crippen LogP contribution in [0.3, 0.4) is 0 Å². The lowest BCUT2D eigenvalue weighted by molar-refractivity contribution is 0.267. The van der Waals surface area contributed by atoms with E-state index >= 15 is 0 Å². The minimum absolute atomic E-state index is 0.130. The molecule has 0 fully saturated rings. The van der Waals surface area contributed by atoms with Crippen molar-refractivity contribution in [2.45, 2.75) is 26.8 Å². The number of aromatic nitrogens is 2. The van der Waals surface area contributed by atoms with E-state index in [-0.39, 0.29) is 5.75 Å². The van der Waals surface area contributed by atoms with Gasteiger partial charge in [-0.3, -0.25) is 10.00 Å². The minimum Gasteiger partial charge on any atom is -0.503 e. The maximum atomic E-state index is 10.1. The number of phenolic OH excluding ortho intramolecular Hbond substituents is 1. The number of aromatic hydroxyl groups is 1. The summed E-state index contributed by atoms with van der Waals surface area (Å²) in [6.45, 7) is 7.58. The third-order valence-electron chi connectivity index (χ3n) is 4.06. The van der Waals surface area contributed by atoms with Crippen LogP contribution in [0.2, 0.25) is 0 Å². The van der Waals surface area contributed by atoms with Crippen LogP contribution in [0.25, 0.3) is 11.3 Å². The van der Waals surface area contributed by atoms with E-state index in [4.69, 9.17) is 4.74 Å². The molecule has 2 heterocycles. The maximum absolute atomic E-state index is 10.1. The van der Waals surface area contributed by atoms with E-state index in [0.717, 1.165) is 37.3 Å². The second-order valence-corrected chi connectivity index (χ2v) is 6.24. The molecule has 1 aliphatic rings. The molecule has 1 aromatic carbocycles. The molecule has 5 nitrogen and oxygen atoms in total. The summed E-state index contributed by atoms with van der Waals surface area (Å²) < 4.78 is 6.13. The van der Waals surface area contributed by atoms with E-state index in [0.29, 0.717) is 16.8 Å². The van der Waals surface area contributed by atoms with Gasteiger partial charge in [-0.15, -0.1) is 0 Å². The van der Waals surface area contributed by atoms with Crippen molar-refractivity contribution in [1.82, 2.24) is 15.1 Å². The Morgan fingerprint density at radius 3 is 2.95 bits per heavy atom. The molecule has 0 radical (unpaired) electrons. The molecule has 0 spiro atoms. The predicted octanol–water partition coefficient (Wildman–Crippen LogP) is 3.32. The highest BCUT2D eigenvalue weighted by Crippen LogP contribution is 2.40. The number of hydrogen-bond donors (Lipinski definition) is 2. The first kappa shape index (κ1) is 15.4. The highest BCUT2D eigenvalue weighted by atomic mass is 79.9. The van der Waals surface area contributed by atoms with Gasteiger partial charge in [-0.1, -0.05) is 6.92 Å². The molecule has 2 N–H and O–H groups in total. The number of rotatable bonds is 4. The molecule has 0 amide bonds. The van der Waals surface area contributed by atoms with Crippen molar-refractivity contribution in [3.8, 4) is 22.8 Å². The highest BCUT2D eigenvalue weighted by Gasteiger charge is 2.23. The lowest BCUT2D eigenvalue weighted by Gasteiger charge is -2.25. The molecule has 0 bridgehead atoms. The van der Waals surface area contributed by atoms with Crippen molar-refractivity contribution in [2.24, 2.45) is 0 Å². The summed E-state index contributed by atoms with van der Waals surface area (Å²) in [4.78, 5) is 2.40. The van der Waals surface area contributed by atoms with Gasteiger partial charge >= 0.3 is 0 Å². The number of hydrogen-bond acceptors (Lipinski definition) is 4. The average Bonchev–Trinajstić information content (AvgIpc) is 2.94. The van der Waals surface area contributed by atoms with Crippen LogP contribution in [0.1, 0.15) is 25.1 Å². The molecule has 6 heteroatoms. The third kappa shape index (κ3) is 2.73. The van der Waals surface area contributed by atoms with Crippen LogP contribution >= 0.6 is 15.9 Å². The summed E-state index contributed by atoms with van der Waals surface area (Å²) in [5.74, 6) is 0.608. The number of nitrogens with one attached hydrogen (secondary N) is 1. The van der Waals surface area contributed by atoms with Crippen LogP contribution in [-0.4, -0.2) is 39.9 Å². The van der Waals surface area contributed by atoms with Gasteiger partial charge in [-0.05, 0) is 41.5 Å². The van der Waals surface area contributed by atoms with Crippen molar-refractivity contribution in [1.29, 1.82) is 0 Å². The fourth-order valence-electron chi connectivity index (χ4n) is 2.84. The van der Waals surface area contributed by atoms with Crippen LogP contribution < -0.4 is 4.74 Å². The van der Waals surface area contributed by atoms with E-state index in [2.05, 4.69) is 38.0 Å². The predicted molar refractivity (Wildman–Crippen MR) is 89.2 cm³/mol. The Bertz CT molecular complexity index is 684. The van der Waals surface area contributed by atoms with Gasteiger partial charge < -0.3 is 9.84 Å². The van der Waals surface area contributed by atoms with Crippen molar-refractivity contribution >= 4 is 15.9 Å². The number of aromatic amines is 1. The first-order valence-corrected chi connectivity index (χ1v) is 8.37. The second kappa shape index (κ2) is 6.30. The molecule has 0 saturated carbocycles. The van der Waals surface area contributed by atoms with Gasteiger partial charge in [-0.25, -0.2) is 0 Å². The number of nitrogens with zero attached hydrogens (tertiary/aromatic N) is 2. The number of halogens is 1. The molecule has 0 saturated heterocycles. The van der Waals surface area contributed by atoms with Crippen molar-refractivity contribution in [3.05, 3.63) is 27.9 Å². The molecule has 118 valence electrons. The summed E-state index contributed by atoms with van der Waals surface area (Å²) in [6, 6.07) is 3.74. The van der Waals surface area contributed by atoms with E-state index < -0.39 is 0 Å². The van der Waals surface area contributed by atoms with Crippen LogP contribution in [-0.2, 0) is 13.0 Å². The van der Waals surface area contributed by atoms with Gasteiger partial charge in [0.05, 0.1) is 16.8 Å². The first-order valence-electron chi connectivity index (χ1n) is 7.58. The SMILES string of the molecule is CCOc1cc(-c2n[nH]c3c2CN(CC)CC3)cc(Br)c1O. The largest absolute Gasteiger partial charge is 0.503 e. The normalized spacial score (nSPS) is 14.9. The van der Waals surface area contributed by atoms with E-state index in [1.54, 1.807) is 0 Å². The van der Waals surface area contributed by atoms with Crippen molar-refractivity contribution in [3.63, 3.8) is 0 Å². The van der Waals surface area contributed by atoms with Gasteiger partial charge in [-0.2, -0.15) is 5.10 Å². The van der Waals surface area contributed by atoms with E-state index in [1.165, 1.54) is 11.3 Å². The fraction of sp³-hybridized carbons (Fsp3) is 0.438. The van der Waals surface area contributed by atoms with Crippen LogP contribution in [0.5, 0.6) is 11.5 Å². The topological polar surface area (TPSA) is 61.4 Å². The van der Waals surface area contributed by atoms with Crippen LogP contribution in [0.15, 0.2) is 16.6 Å². The van der Waals surface area contributed by atoms with Gasteiger partial charge in [0.25, 0.3) is 0 Å². The number of H-pyrrole nitrogens is 1. The number of fused-ring (bicyclic) bond motifs is 1. The third-order valence-corrected chi connectivity index (χ3v) is 4.67. The quantitative estimate of drug-likeness (QED) is 0.872. The Labute approximate surface area is 138 Å². The van der Waals surface area contributed by atoms with Crippen LogP contribution in [0.4, 0.5) is 0 Å². The maximum Gasteiger partial charge on any atom is 0.172 e. The molecular formula is C16H20BrN3O2. The summed E-state index contributed by atoms with van der Waals surface area (Å²) in [5.41, 5.74) is 4.34. The summed E-state index contributed by atoms with van der Waals surface area (Å²) >= 11 is 3.40. The summed E-state index contributed by atoms with van der Waals surface area (Å²) in [7, 11) is 0. The molecule has 0 atom stereocenters. The fourth-order valence-corrected chi connectivity index (χ4v) is 3.28. The Balaban J connectivity index is 2.04. The number of benzene rings is 1. The van der Waals surface area contributed by atoms with Gasteiger partial charge in [0.1, 0.15) is 0 Å². The first-order chi connectivity index (χ1) is 10.6. The Hall–Kier alpha value is -1.53. The second-order valence-electron chi connectivity index (χ2n) is 5.39. The lowest BCUT2D eigenvalue weighted by atomic mass is 10.0. The van der Waals surface area contributed by atoms with Gasteiger partial charge in [0.2, 0.25) is 0 Å². The number of ether oxygens (including phenoxy) is 1. The molecule has 2 aromatic rings. The Morgan fingerprint density at radius 2 is 2.23 bits per heavy atom. The molecule has 22 heavy (non-hydrogen) atoms. The zero-order chi connectivity index (χ0) is 15.7. The number of likely N-dealkylation sites (N-methyl/N-ethyl adjacent to an activating group) is 1. The Kier molecular flexibility index (Phi) is 4.40. The molecule has 0 aliphatic carbocycles. The average molecular weight is 366 g/mol. The minimum atomic E-state index is 0.130. The van der Waals surface area contributed by atoms with Crippen LogP contribution in [0, 0.1) is 0 Å². The summed E-state index contributed by atoms with van der Waals surface area (Å²) in [5, 5.41) is 17.7. The molecule has 0 unspecified atom stereocenters.